The number of carbonyl (C=O) groups excluding carboxylic acids is 4. The number of likely N-dealkylation sites (tertiary alicyclic amines) is 1. The van der Waals surface area contributed by atoms with Gasteiger partial charge in [-0.3, -0.25) is 24.1 Å². The van der Waals surface area contributed by atoms with E-state index in [0.717, 1.165) is 6.42 Å². The normalized spacial score (nSPS) is 32.6. The van der Waals surface area contributed by atoms with Crippen LogP contribution in [0.5, 0.6) is 0 Å². The van der Waals surface area contributed by atoms with Crippen molar-refractivity contribution in [1.82, 2.24) is 4.90 Å². The largest absolute Gasteiger partial charge is 0.457 e. The maximum Gasteiger partial charge on any atom is 0.308 e. The molecule has 154 valence electrons. The Kier molecular flexibility index (Phi) is 5.88. The summed E-state index contributed by atoms with van der Waals surface area (Å²) >= 11 is 13.1. The lowest BCUT2D eigenvalue weighted by atomic mass is 9.81. The Bertz CT molecular complexity index is 844. The third-order valence-corrected chi connectivity index (χ3v) is 9.61. The van der Waals surface area contributed by atoms with Gasteiger partial charge in [0.1, 0.15) is 0 Å². The molecule has 2 aliphatic carbocycles. The molecular weight excluding hydrogens is 529 g/mol. The molecule has 1 aromatic carbocycles. The predicted octanol–water partition coefficient (Wildman–Crippen LogP) is 3.23. The quantitative estimate of drug-likeness (QED) is 0.237. The van der Waals surface area contributed by atoms with E-state index in [2.05, 4.69) is 31.9 Å². The molecule has 1 heterocycles. The number of carbonyl (C=O) groups is 4. The highest BCUT2D eigenvalue weighted by Gasteiger charge is 2.66. The molecule has 4 rings (SSSR count). The van der Waals surface area contributed by atoms with Gasteiger partial charge in [-0.2, -0.15) is 0 Å². The molecule has 1 aromatic rings. The highest BCUT2D eigenvalue weighted by atomic mass is 79.9. The molecule has 1 aliphatic heterocycles. The van der Waals surface area contributed by atoms with Crippen molar-refractivity contribution in [2.45, 2.75) is 22.5 Å². The van der Waals surface area contributed by atoms with Gasteiger partial charge in [0.05, 0.1) is 18.3 Å². The number of ketones is 1. The van der Waals surface area contributed by atoms with Crippen LogP contribution in [0.25, 0.3) is 0 Å². The van der Waals surface area contributed by atoms with Gasteiger partial charge in [-0.15, -0.1) is 0 Å². The Morgan fingerprint density at radius 3 is 2.14 bits per heavy atom. The van der Waals surface area contributed by atoms with Crippen LogP contribution < -0.4 is 0 Å². The summed E-state index contributed by atoms with van der Waals surface area (Å²) in [6.07, 6.45) is 0.733. The second kappa shape index (κ2) is 8.12. The Hall–Kier alpha value is -1.25. The molecule has 0 aromatic heterocycles. The van der Waals surface area contributed by atoms with Crippen molar-refractivity contribution in [3.8, 4) is 0 Å². The number of nitrogens with zero attached hydrogens (tertiary/aromatic N) is 1. The van der Waals surface area contributed by atoms with Crippen LogP contribution in [0, 0.1) is 23.7 Å². The number of hydrogen-bond donors (Lipinski definition) is 0. The smallest absolute Gasteiger partial charge is 0.308 e. The fourth-order valence-electron chi connectivity index (χ4n) is 4.77. The number of amides is 2. The van der Waals surface area contributed by atoms with Gasteiger partial charge in [0, 0.05) is 26.8 Å². The molecule has 9 heteroatoms. The molecule has 3 aliphatic rings. The summed E-state index contributed by atoms with van der Waals surface area (Å²) in [6, 6.07) is 6.28. The summed E-state index contributed by atoms with van der Waals surface area (Å²) in [6.45, 7) is -0.410. The van der Waals surface area contributed by atoms with Gasteiger partial charge >= 0.3 is 5.97 Å². The minimum Gasteiger partial charge on any atom is -0.457 e. The van der Waals surface area contributed by atoms with Gasteiger partial charge in [-0.25, -0.2) is 0 Å². The highest BCUT2D eigenvalue weighted by molar-refractivity contribution is 9.12. The number of halogens is 3. The summed E-state index contributed by atoms with van der Waals surface area (Å²) in [7, 11) is 0. The standard InChI is InChI=1S/C20H18Br2ClNO5/c21-17-11-7-12(18(17)22)16-15(11)19(27)24(20(16)28)6-5-14(26)29-8-13(25)9-1-3-10(23)4-2-9/h1-4,11-12,15-18H,5-8H2/t11-,12-,15-,16+,17-,18+/m0/s1. The van der Waals surface area contributed by atoms with E-state index >= 15 is 0 Å². The first kappa shape index (κ1) is 21.0. The zero-order valence-corrected chi connectivity index (χ0v) is 19.2. The van der Waals surface area contributed by atoms with Crippen LogP contribution in [0.4, 0.5) is 0 Å². The summed E-state index contributed by atoms with van der Waals surface area (Å²) in [5, 5.41) is 0.508. The number of Topliss-reactive ketones (excluding diaryl/α,β-unsaturated/α-hetero) is 1. The lowest BCUT2D eigenvalue weighted by molar-refractivity contribution is -0.145. The molecule has 0 unspecified atom stereocenters. The Morgan fingerprint density at radius 1 is 1.03 bits per heavy atom. The van der Waals surface area contributed by atoms with Crippen LogP contribution in [-0.2, 0) is 19.1 Å². The van der Waals surface area contributed by atoms with Gasteiger partial charge in [0.25, 0.3) is 0 Å². The third-order valence-electron chi connectivity index (χ3n) is 6.15. The van der Waals surface area contributed by atoms with E-state index < -0.39 is 12.6 Å². The average molecular weight is 548 g/mol. The van der Waals surface area contributed by atoms with E-state index in [1.807, 2.05) is 0 Å². The molecule has 0 spiro atoms. The van der Waals surface area contributed by atoms with E-state index in [4.69, 9.17) is 16.3 Å². The van der Waals surface area contributed by atoms with Crippen LogP contribution >= 0.6 is 43.5 Å². The maximum atomic E-state index is 12.8. The van der Waals surface area contributed by atoms with Crippen molar-refractivity contribution in [3.63, 3.8) is 0 Å². The number of rotatable bonds is 6. The van der Waals surface area contributed by atoms with Crippen molar-refractivity contribution in [3.05, 3.63) is 34.9 Å². The van der Waals surface area contributed by atoms with Crippen LogP contribution in [0.15, 0.2) is 24.3 Å². The second-order valence-electron chi connectivity index (χ2n) is 7.67. The molecule has 29 heavy (non-hydrogen) atoms. The van der Waals surface area contributed by atoms with Gasteiger partial charge in [0.2, 0.25) is 11.8 Å². The minimum atomic E-state index is -0.621. The SMILES string of the molecule is O=C(CCN1C(=O)[C@@H]2[C@@H]3C[C@H]([C@H](Br)[C@@H]3Br)[C@@H]2C1=O)OCC(=O)c1ccc(Cl)cc1. The van der Waals surface area contributed by atoms with Crippen molar-refractivity contribution in [1.29, 1.82) is 0 Å². The van der Waals surface area contributed by atoms with Gasteiger partial charge in [0.15, 0.2) is 12.4 Å². The topological polar surface area (TPSA) is 80.8 Å². The molecule has 6 nitrogen and oxygen atoms in total. The fourth-order valence-corrected chi connectivity index (χ4v) is 6.77. The molecule has 3 fully saturated rings. The number of benzene rings is 1. The molecule has 0 N–H and O–H groups in total. The number of ether oxygens (including phenoxy) is 1. The first-order valence-corrected chi connectivity index (χ1v) is 11.6. The number of alkyl halides is 2. The summed E-state index contributed by atoms with van der Waals surface area (Å²) < 4.78 is 5.02. The molecular formula is C20H18Br2ClNO5. The van der Waals surface area contributed by atoms with Crippen molar-refractivity contribution >= 4 is 67.0 Å². The Labute approximate surface area is 189 Å². The Morgan fingerprint density at radius 2 is 1.59 bits per heavy atom. The minimum absolute atomic E-state index is 0.0159. The highest BCUT2D eigenvalue weighted by Crippen LogP contribution is 2.60. The van der Waals surface area contributed by atoms with E-state index in [1.54, 1.807) is 24.3 Å². The van der Waals surface area contributed by atoms with Crippen molar-refractivity contribution in [2.75, 3.05) is 13.2 Å². The zero-order valence-electron chi connectivity index (χ0n) is 15.2. The number of hydrogen-bond acceptors (Lipinski definition) is 5. The van der Waals surface area contributed by atoms with Crippen molar-refractivity contribution < 1.29 is 23.9 Å². The van der Waals surface area contributed by atoms with E-state index in [0.29, 0.717) is 10.6 Å². The maximum absolute atomic E-state index is 12.8. The fraction of sp³-hybridized carbons (Fsp3) is 0.500. The second-order valence-corrected chi connectivity index (χ2v) is 10.2. The molecule has 6 atom stereocenters. The first-order valence-electron chi connectivity index (χ1n) is 9.37. The number of fused-ring (bicyclic) bond motifs is 5. The van der Waals surface area contributed by atoms with Gasteiger partial charge in [-0.05, 0) is 42.5 Å². The molecule has 2 saturated carbocycles. The molecule has 1 saturated heterocycles. The monoisotopic (exact) mass is 545 g/mol. The third kappa shape index (κ3) is 3.68. The Balaban J connectivity index is 1.30. The molecule has 2 bridgehead atoms. The number of imide groups is 1. The average Bonchev–Trinajstić information content (AvgIpc) is 3.30. The summed E-state index contributed by atoms with van der Waals surface area (Å²) in [5.41, 5.74) is 0.393. The van der Waals surface area contributed by atoms with E-state index in [9.17, 15) is 19.2 Å². The molecule has 0 radical (unpaired) electrons. The zero-order chi connectivity index (χ0) is 20.9. The van der Waals surface area contributed by atoms with E-state index in [1.165, 1.54) is 4.90 Å². The van der Waals surface area contributed by atoms with E-state index in [-0.39, 0.29) is 63.9 Å². The van der Waals surface area contributed by atoms with Crippen LogP contribution in [0.3, 0.4) is 0 Å². The predicted molar refractivity (Wildman–Crippen MR) is 112 cm³/mol. The first-order chi connectivity index (χ1) is 13.8. The lowest BCUT2D eigenvalue weighted by Crippen LogP contribution is -2.37. The summed E-state index contributed by atoms with van der Waals surface area (Å²) in [4.78, 5) is 51.2. The lowest BCUT2D eigenvalue weighted by Gasteiger charge is -2.28. The van der Waals surface area contributed by atoms with Gasteiger partial charge in [-0.1, -0.05) is 43.5 Å². The molecule has 2 amide bonds. The van der Waals surface area contributed by atoms with Gasteiger partial charge < -0.3 is 4.74 Å². The van der Waals surface area contributed by atoms with Crippen LogP contribution in [0.2, 0.25) is 5.02 Å². The van der Waals surface area contributed by atoms with Crippen LogP contribution in [-0.4, -0.2) is 51.3 Å². The van der Waals surface area contributed by atoms with Crippen molar-refractivity contribution in [2.24, 2.45) is 23.7 Å². The number of esters is 1. The summed E-state index contributed by atoms with van der Waals surface area (Å²) in [5.74, 6) is -1.67. The van der Waals surface area contributed by atoms with Crippen LogP contribution in [0.1, 0.15) is 23.2 Å².